The predicted molar refractivity (Wildman–Crippen MR) is 87.6 cm³/mol. The second-order valence-electron chi connectivity index (χ2n) is 4.78. The number of aromatic amines is 1. The lowest BCUT2D eigenvalue weighted by Gasteiger charge is -2.17. The molecule has 0 saturated heterocycles. The van der Waals surface area contributed by atoms with Crippen molar-refractivity contribution in [3.63, 3.8) is 0 Å². The summed E-state index contributed by atoms with van der Waals surface area (Å²) in [5, 5.41) is 18.4. The van der Waals surface area contributed by atoms with Crippen LogP contribution in [0.25, 0.3) is 0 Å². The highest BCUT2D eigenvalue weighted by Crippen LogP contribution is 2.21. The van der Waals surface area contributed by atoms with Crippen molar-refractivity contribution in [2.45, 2.75) is 17.6 Å². The number of benzene rings is 1. The number of anilines is 1. The summed E-state index contributed by atoms with van der Waals surface area (Å²) in [6.45, 7) is 0. The zero-order valence-corrected chi connectivity index (χ0v) is 13.7. The first-order valence-electron chi connectivity index (χ1n) is 6.93. The molecule has 5 N–H and O–H groups in total. The Bertz CT molecular complexity index is 703. The van der Waals surface area contributed by atoms with Gasteiger partial charge in [0.05, 0.1) is 25.3 Å². The molecule has 2 aromatic rings. The van der Waals surface area contributed by atoms with E-state index in [4.69, 9.17) is 15.6 Å². The number of nitrogens with two attached hydrogens (primary N) is 1. The zero-order chi connectivity index (χ0) is 17.5. The fourth-order valence-corrected chi connectivity index (χ4v) is 2.57. The first-order chi connectivity index (χ1) is 11.5. The van der Waals surface area contributed by atoms with Crippen LogP contribution in [-0.4, -0.2) is 45.0 Å². The van der Waals surface area contributed by atoms with E-state index in [1.165, 1.54) is 0 Å². The molecule has 1 heterocycles. The lowest BCUT2D eigenvalue weighted by Crippen LogP contribution is -2.31. The molecule has 0 saturated carbocycles. The fraction of sp³-hybridized carbons (Fsp3) is 0.286. The number of nitrogens with zero attached hydrogens (tertiary/aromatic N) is 2. The Morgan fingerprint density at radius 2 is 2.12 bits per heavy atom. The molecule has 10 heteroatoms. The number of aliphatic carboxylic acids is 1. The highest BCUT2D eigenvalue weighted by molar-refractivity contribution is 7.99. The maximum atomic E-state index is 12.1. The summed E-state index contributed by atoms with van der Waals surface area (Å²) >= 11 is 1.10. The normalized spacial score (nSPS) is 11.7. The second-order valence-corrected chi connectivity index (χ2v) is 5.73. The smallest absolute Gasteiger partial charge is 0.305 e. The van der Waals surface area contributed by atoms with Gasteiger partial charge in [-0.1, -0.05) is 23.9 Å². The number of hydrogen-bond donors (Lipinski definition) is 4. The van der Waals surface area contributed by atoms with Crippen LogP contribution >= 0.6 is 11.8 Å². The summed E-state index contributed by atoms with van der Waals surface area (Å²) in [6.07, 6.45) is -0.226. The van der Waals surface area contributed by atoms with Crippen molar-refractivity contribution < 1.29 is 19.4 Å². The summed E-state index contributed by atoms with van der Waals surface area (Å²) < 4.78 is 5.07. The van der Waals surface area contributed by atoms with Gasteiger partial charge in [-0.05, 0) is 17.7 Å². The van der Waals surface area contributed by atoms with E-state index in [1.54, 1.807) is 31.4 Å². The maximum Gasteiger partial charge on any atom is 0.305 e. The third kappa shape index (κ3) is 5.16. The van der Waals surface area contributed by atoms with Gasteiger partial charge in [-0.3, -0.25) is 9.59 Å². The molecule has 1 amide bonds. The van der Waals surface area contributed by atoms with Crippen LogP contribution in [0.15, 0.2) is 29.4 Å². The molecule has 24 heavy (non-hydrogen) atoms. The Kier molecular flexibility index (Phi) is 6.01. The first-order valence-corrected chi connectivity index (χ1v) is 7.92. The number of H-pyrrole nitrogens is 1. The molecule has 2 rings (SSSR count). The molecule has 1 unspecified atom stereocenters. The number of amides is 1. The third-order valence-electron chi connectivity index (χ3n) is 3.05. The number of rotatable bonds is 8. The molecular formula is C14H17N5O4S. The molecule has 9 nitrogen and oxygen atoms in total. The molecule has 0 spiro atoms. The number of carbonyl (C=O) groups is 2. The van der Waals surface area contributed by atoms with Crippen LogP contribution < -0.4 is 15.8 Å². The van der Waals surface area contributed by atoms with Crippen molar-refractivity contribution in [3.05, 3.63) is 29.8 Å². The van der Waals surface area contributed by atoms with Crippen LogP contribution in [0.1, 0.15) is 18.0 Å². The number of nitrogen functional groups attached to an aromatic ring is 1. The van der Waals surface area contributed by atoms with Gasteiger partial charge in [0, 0.05) is 0 Å². The average molecular weight is 351 g/mol. The standard InChI is InChI=1S/C14H17N5O4S/c1-23-9-4-2-8(3-5-9)10(6-12(21)22)16-11(20)7-24-14-17-13(15)18-19-14/h2-5,10H,6-7H2,1H3,(H,16,20)(H,21,22)(H3,15,17,18,19). The van der Waals surface area contributed by atoms with E-state index in [0.717, 1.165) is 11.8 Å². The van der Waals surface area contributed by atoms with Gasteiger partial charge in [-0.25, -0.2) is 5.10 Å². The van der Waals surface area contributed by atoms with Gasteiger partial charge in [0.2, 0.25) is 17.0 Å². The van der Waals surface area contributed by atoms with Crippen molar-refractivity contribution in [2.75, 3.05) is 18.6 Å². The van der Waals surface area contributed by atoms with Crippen LogP contribution in [0.5, 0.6) is 5.75 Å². The highest BCUT2D eigenvalue weighted by Gasteiger charge is 2.18. The number of nitrogens with one attached hydrogen (secondary N) is 2. The quantitative estimate of drug-likeness (QED) is 0.512. The monoisotopic (exact) mass is 351 g/mol. The Morgan fingerprint density at radius 3 is 2.67 bits per heavy atom. The lowest BCUT2D eigenvalue weighted by atomic mass is 10.0. The first kappa shape index (κ1) is 17.6. The van der Waals surface area contributed by atoms with E-state index in [9.17, 15) is 9.59 Å². The topological polar surface area (TPSA) is 143 Å². The lowest BCUT2D eigenvalue weighted by molar-refractivity contribution is -0.137. The summed E-state index contributed by atoms with van der Waals surface area (Å²) in [7, 11) is 1.54. The van der Waals surface area contributed by atoms with Crippen LogP contribution in [-0.2, 0) is 9.59 Å². The minimum Gasteiger partial charge on any atom is -0.497 e. The summed E-state index contributed by atoms with van der Waals surface area (Å²) in [4.78, 5) is 27.0. The van der Waals surface area contributed by atoms with Gasteiger partial charge < -0.3 is 20.9 Å². The third-order valence-corrected chi connectivity index (χ3v) is 3.89. The fourth-order valence-electron chi connectivity index (χ4n) is 1.95. The molecule has 0 fully saturated rings. The zero-order valence-electron chi connectivity index (χ0n) is 12.9. The van der Waals surface area contributed by atoms with Crippen LogP contribution in [0.4, 0.5) is 5.95 Å². The largest absolute Gasteiger partial charge is 0.497 e. The maximum absolute atomic E-state index is 12.1. The Morgan fingerprint density at radius 1 is 1.42 bits per heavy atom. The minimum absolute atomic E-state index is 0.0452. The van der Waals surface area contributed by atoms with Gasteiger partial charge in [-0.2, -0.15) is 4.98 Å². The van der Waals surface area contributed by atoms with E-state index in [-0.39, 0.29) is 24.0 Å². The number of methoxy groups -OCH3 is 1. The van der Waals surface area contributed by atoms with E-state index in [2.05, 4.69) is 20.5 Å². The van der Waals surface area contributed by atoms with Crippen molar-refractivity contribution >= 4 is 29.6 Å². The summed E-state index contributed by atoms with van der Waals surface area (Å²) in [6, 6.07) is 6.22. The predicted octanol–water partition coefficient (Wildman–Crippen LogP) is 0.820. The second kappa shape index (κ2) is 8.20. The number of aromatic nitrogens is 3. The Hall–Kier alpha value is -2.75. The molecule has 1 aromatic carbocycles. The van der Waals surface area contributed by atoms with Crippen molar-refractivity contribution in [1.82, 2.24) is 20.5 Å². The minimum atomic E-state index is -1.01. The van der Waals surface area contributed by atoms with E-state index in [0.29, 0.717) is 16.5 Å². The van der Waals surface area contributed by atoms with Crippen LogP contribution in [0.2, 0.25) is 0 Å². The molecule has 0 aliphatic rings. The van der Waals surface area contributed by atoms with Gasteiger partial charge in [-0.15, -0.1) is 5.10 Å². The Balaban J connectivity index is 1.98. The van der Waals surface area contributed by atoms with Gasteiger partial charge >= 0.3 is 5.97 Å². The van der Waals surface area contributed by atoms with E-state index < -0.39 is 12.0 Å². The molecule has 1 atom stereocenters. The summed E-state index contributed by atoms with van der Waals surface area (Å²) in [5.74, 6) is -0.475. The van der Waals surface area contributed by atoms with E-state index >= 15 is 0 Å². The number of ether oxygens (including phenoxy) is 1. The molecular weight excluding hydrogens is 334 g/mol. The van der Waals surface area contributed by atoms with Crippen molar-refractivity contribution in [2.24, 2.45) is 0 Å². The van der Waals surface area contributed by atoms with Crippen molar-refractivity contribution in [3.8, 4) is 5.75 Å². The summed E-state index contributed by atoms with van der Waals surface area (Å²) in [5.41, 5.74) is 6.08. The number of thioether (sulfide) groups is 1. The molecule has 0 bridgehead atoms. The van der Waals surface area contributed by atoms with Gasteiger partial charge in [0.15, 0.2) is 0 Å². The average Bonchev–Trinajstić information content (AvgIpc) is 2.97. The number of carboxylic acids is 1. The highest BCUT2D eigenvalue weighted by atomic mass is 32.2. The molecule has 0 aliphatic carbocycles. The molecule has 128 valence electrons. The van der Waals surface area contributed by atoms with E-state index in [1.807, 2.05) is 0 Å². The van der Waals surface area contributed by atoms with Crippen LogP contribution in [0, 0.1) is 0 Å². The number of hydrogen-bond acceptors (Lipinski definition) is 7. The molecule has 0 radical (unpaired) electrons. The van der Waals surface area contributed by atoms with Crippen molar-refractivity contribution in [1.29, 1.82) is 0 Å². The number of carboxylic acid groups (broad SMARTS) is 1. The number of carbonyl (C=O) groups excluding carboxylic acids is 1. The molecule has 0 aliphatic heterocycles. The van der Waals surface area contributed by atoms with Gasteiger partial charge in [0.1, 0.15) is 5.75 Å². The van der Waals surface area contributed by atoms with Gasteiger partial charge in [0.25, 0.3) is 0 Å². The molecule has 1 aromatic heterocycles. The Labute approximate surface area is 142 Å². The SMILES string of the molecule is COc1ccc(C(CC(=O)O)NC(=O)CSc2n[nH]c(N)n2)cc1. The van der Waals surface area contributed by atoms with Crippen LogP contribution in [0.3, 0.4) is 0 Å².